The molecule has 1 aromatic rings. The Labute approximate surface area is 118 Å². The van der Waals surface area contributed by atoms with E-state index in [1.165, 1.54) is 30.4 Å². The van der Waals surface area contributed by atoms with E-state index < -0.39 is 10.0 Å². The highest BCUT2D eigenvalue weighted by Crippen LogP contribution is 2.28. The maximum Gasteiger partial charge on any atom is 0.260 e. The summed E-state index contributed by atoms with van der Waals surface area (Å²) in [5.74, 6) is 0.786. The van der Waals surface area contributed by atoms with Crippen LogP contribution in [0.1, 0.15) is 18.4 Å². The lowest BCUT2D eigenvalue weighted by Gasteiger charge is -2.16. The standard InChI is InChI=1S/C11H18ClN3O3S/c1-15(4-5-18-8-9-2-3-9)19(16,17)11-10(6-12)7-13-14-11/h7,9H,2-6,8H2,1H3,(H,13,14). The quantitative estimate of drug-likeness (QED) is 0.578. The van der Waals surface area contributed by atoms with Crippen LogP contribution in [0.3, 0.4) is 0 Å². The molecule has 1 N–H and O–H groups in total. The zero-order valence-electron chi connectivity index (χ0n) is 10.8. The molecule has 0 aliphatic heterocycles. The van der Waals surface area contributed by atoms with Gasteiger partial charge >= 0.3 is 0 Å². The molecule has 6 nitrogen and oxygen atoms in total. The number of hydrogen-bond acceptors (Lipinski definition) is 4. The van der Waals surface area contributed by atoms with Crippen molar-refractivity contribution in [2.45, 2.75) is 23.7 Å². The van der Waals surface area contributed by atoms with Crippen molar-refractivity contribution >= 4 is 21.6 Å². The Morgan fingerprint density at radius 1 is 1.58 bits per heavy atom. The fourth-order valence-corrected chi connectivity index (χ4v) is 3.15. The first-order valence-electron chi connectivity index (χ1n) is 6.18. The van der Waals surface area contributed by atoms with Gasteiger partial charge in [0.15, 0.2) is 5.03 Å². The minimum Gasteiger partial charge on any atom is -0.380 e. The van der Waals surface area contributed by atoms with Gasteiger partial charge < -0.3 is 4.74 Å². The number of nitrogens with one attached hydrogen (secondary N) is 1. The number of aromatic amines is 1. The summed E-state index contributed by atoms with van der Waals surface area (Å²) in [5, 5.41) is 6.28. The van der Waals surface area contributed by atoms with Crippen molar-refractivity contribution in [1.29, 1.82) is 0 Å². The van der Waals surface area contributed by atoms with Gasteiger partial charge in [-0.25, -0.2) is 8.42 Å². The van der Waals surface area contributed by atoms with E-state index in [1.54, 1.807) is 0 Å². The van der Waals surface area contributed by atoms with Gasteiger partial charge in [0.1, 0.15) is 0 Å². The molecule has 0 unspecified atom stereocenters. The van der Waals surface area contributed by atoms with Crippen LogP contribution in [0.4, 0.5) is 0 Å². The van der Waals surface area contributed by atoms with Crippen molar-refractivity contribution in [3.63, 3.8) is 0 Å². The van der Waals surface area contributed by atoms with E-state index in [0.717, 1.165) is 6.61 Å². The number of alkyl halides is 1. The molecule has 0 saturated heterocycles. The molecule has 0 spiro atoms. The van der Waals surface area contributed by atoms with Crippen LogP contribution in [-0.4, -0.2) is 49.7 Å². The zero-order chi connectivity index (χ0) is 13.9. The number of likely N-dealkylation sites (N-methyl/N-ethyl adjacent to an activating group) is 1. The number of aromatic nitrogens is 2. The summed E-state index contributed by atoms with van der Waals surface area (Å²) in [7, 11) is -2.05. The van der Waals surface area contributed by atoms with Gasteiger partial charge in [-0.05, 0) is 18.8 Å². The van der Waals surface area contributed by atoms with Crippen molar-refractivity contribution in [2.24, 2.45) is 5.92 Å². The molecular weight excluding hydrogens is 290 g/mol. The molecule has 0 radical (unpaired) electrons. The summed E-state index contributed by atoms with van der Waals surface area (Å²) in [5.41, 5.74) is 0.479. The lowest BCUT2D eigenvalue weighted by atomic mass is 10.4. The Bertz CT molecular complexity index is 513. The number of rotatable bonds is 8. The van der Waals surface area contributed by atoms with Crippen molar-refractivity contribution < 1.29 is 13.2 Å². The smallest absolute Gasteiger partial charge is 0.260 e. The fourth-order valence-electron chi connectivity index (χ4n) is 1.62. The summed E-state index contributed by atoms with van der Waals surface area (Å²) >= 11 is 5.69. The van der Waals surface area contributed by atoms with Gasteiger partial charge in [-0.1, -0.05) is 0 Å². The molecular formula is C11H18ClN3O3S. The van der Waals surface area contributed by atoms with Crippen LogP contribution in [0.25, 0.3) is 0 Å². The Hall–Kier alpha value is -0.630. The van der Waals surface area contributed by atoms with Gasteiger partial charge in [0, 0.05) is 25.8 Å². The lowest BCUT2D eigenvalue weighted by molar-refractivity contribution is 0.117. The second kappa shape index (κ2) is 6.21. The summed E-state index contributed by atoms with van der Waals surface area (Å²) in [4.78, 5) is 0. The number of nitrogens with zero attached hydrogens (tertiary/aromatic N) is 2. The monoisotopic (exact) mass is 307 g/mol. The Morgan fingerprint density at radius 3 is 2.95 bits per heavy atom. The van der Waals surface area contributed by atoms with Crippen molar-refractivity contribution in [2.75, 3.05) is 26.8 Å². The predicted octanol–water partition coefficient (Wildman–Crippen LogP) is 1.20. The van der Waals surface area contributed by atoms with Gasteiger partial charge in [0.25, 0.3) is 10.0 Å². The van der Waals surface area contributed by atoms with Gasteiger partial charge in [-0.2, -0.15) is 9.40 Å². The van der Waals surface area contributed by atoms with Crippen LogP contribution in [0, 0.1) is 5.92 Å². The molecule has 108 valence electrons. The van der Waals surface area contributed by atoms with E-state index in [2.05, 4.69) is 10.2 Å². The number of sulfonamides is 1. The molecule has 0 aromatic carbocycles. The third-order valence-electron chi connectivity index (χ3n) is 3.09. The van der Waals surface area contributed by atoms with Crippen molar-refractivity contribution in [3.05, 3.63) is 11.8 Å². The first-order chi connectivity index (χ1) is 9.05. The molecule has 0 atom stereocenters. The summed E-state index contributed by atoms with van der Waals surface area (Å²) < 4.78 is 31.2. The number of halogens is 1. The third kappa shape index (κ3) is 3.68. The second-order valence-corrected chi connectivity index (χ2v) is 6.95. The molecule has 0 bridgehead atoms. The first-order valence-corrected chi connectivity index (χ1v) is 8.15. The molecule has 1 aromatic heterocycles. The summed E-state index contributed by atoms with van der Waals surface area (Å²) in [6.45, 7) is 1.44. The van der Waals surface area contributed by atoms with Crippen LogP contribution in [0.5, 0.6) is 0 Å². The number of H-pyrrole nitrogens is 1. The molecule has 1 fully saturated rings. The zero-order valence-corrected chi connectivity index (χ0v) is 12.4. The van der Waals surface area contributed by atoms with Gasteiger partial charge in [-0.3, -0.25) is 5.10 Å². The van der Waals surface area contributed by atoms with Crippen LogP contribution in [0.15, 0.2) is 11.2 Å². The number of hydrogen-bond donors (Lipinski definition) is 1. The van der Waals surface area contributed by atoms with Crippen LogP contribution in [0.2, 0.25) is 0 Å². The average Bonchev–Trinajstić information content (AvgIpc) is 3.07. The largest absolute Gasteiger partial charge is 0.380 e. The molecule has 1 aliphatic carbocycles. The predicted molar refractivity (Wildman–Crippen MR) is 71.5 cm³/mol. The molecule has 8 heteroatoms. The Morgan fingerprint density at radius 2 is 2.32 bits per heavy atom. The highest BCUT2D eigenvalue weighted by molar-refractivity contribution is 7.89. The third-order valence-corrected chi connectivity index (χ3v) is 5.25. The van der Waals surface area contributed by atoms with E-state index in [0.29, 0.717) is 24.6 Å². The van der Waals surface area contributed by atoms with Crippen molar-refractivity contribution in [1.82, 2.24) is 14.5 Å². The van der Waals surface area contributed by atoms with Gasteiger partial charge in [0.2, 0.25) is 0 Å². The molecule has 1 aliphatic rings. The molecule has 19 heavy (non-hydrogen) atoms. The second-order valence-electron chi connectivity index (χ2n) is 4.70. The van der Waals surface area contributed by atoms with E-state index in [4.69, 9.17) is 16.3 Å². The molecule has 2 rings (SSSR count). The van der Waals surface area contributed by atoms with E-state index >= 15 is 0 Å². The fraction of sp³-hybridized carbons (Fsp3) is 0.727. The maximum absolute atomic E-state index is 12.3. The maximum atomic E-state index is 12.3. The topological polar surface area (TPSA) is 75.3 Å². The summed E-state index contributed by atoms with van der Waals surface area (Å²) in [6.07, 6.45) is 3.88. The average molecular weight is 308 g/mol. The van der Waals surface area contributed by atoms with E-state index in [-0.39, 0.29) is 10.9 Å². The molecule has 1 saturated carbocycles. The minimum absolute atomic E-state index is 0.0622. The number of ether oxygens (including phenoxy) is 1. The highest BCUT2D eigenvalue weighted by Gasteiger charge is 2.26. The molecule has 1 heterocycles. The normalized spacial score (nSPS) is 16.2. The first kappa shape index (κ1) is 14.8. The van der Waals surface area contributed by atoms with E-state index in [9.17, 15) is 8.42 Å². The Balaban J connectivity index is 1.90. The Kier molecular flexibility index (Phi) is 4.83. The minimum atomic E-state index is -3.57. The SMILES string of the molecule is CN(CCOCC1CC1)S(=O)(=O)c1[nH]ncc1CCl. The highest BCUT2D eigenvalue weighted by atomic mass is 35.5. The molecule has 0 amide bonds. The summed E-state index contributed by atoms with van der Waals surface area (Å²) in [6, 6.07) is 0. The van der Waals surface area contributed by atoms with E-state index in [1.807, 2.05) is 0 Å². The van der Waals surface area contributed by atoms with Crippen LogP contribution in [-0.2, 0) is 20.6 Å². The van der Waals surface area contributed by atoms with Crippen LogP contribution < -0.4 is 0 Å². The van der Waals surface area contributed by atoms with Gasteiger partial charge in [-0.15, -0.1) is 11.6 Å². The lowest BCUT2D eigenvalue weighted by Crippen LogP contribution is -2.31. The van der Waals surface area contributed by atoms with Gasteiger partial charge in [0.05, 0.1) is 18.7 Å². The van der Waals surface area contributed by atoms with Crippen LogP contribution >= 0.6 is 11.6 Å². The van der Waals surface area contributed by atoms with Crippen molar-refractivity contribution in [3.8, 4) is 0 Å².